The van der Waals surface area contributed by atoms with E-state index in [4.69, 9.17) is 4.74 Å². The van der Waals surface area contributed by atoms with Crippen molar-refractivity contribution in [1.82, 2.24) is 4.98 Å². The van der Waals surface area contributed by atoms with Gasteiger partial charge in [0.2, 0.25) is 5.91 Å². The lowest BCUT2D eigenvalue weighted by Crippen LogP contribution is -2.24. The first-order valence-corrected chi connectivity index (χ1v) is 6.04. The number of hydrogen-bond donors (Lipinski definition) is 1. The van der Waals surface area contributed by atoms with Crippen LogP contribution < -0.4 is 15.1 Å². The van der Waals surface area contributed by atoms with Crippen LogP contribution in [0.25, 0.3) is 0 Å². The number of nitrogens with one attached hydrogen (secondary N) is 1. The fourth-order valence-electron chi connectivity index (χ4n) is 1.87. The fraction of sp³-hybridized carbons (Fsp3) is 0.143. The lowest BCUT2D eigenvalue weighted by atomic mass is 10.2. The van der Waals surface area contributed by atoms with E-state index in [9.17, 15) is 14.4 Å². The second-order valence-electron chi connectivity index (χ2n) is 4.21. The number of anilines is 3. The van der Waals surface area contributed by atoms with Crippen LogP contribution in [0.3, 0.4) is 0 Å². The third-order valence-electron chi connectivity index (χ3n) is 2.76. The minimum atomic E-state index is -0.547. The smallest absolute Gasteiger partial charge is 0.229 e. The van der Waals surface area contributed by atoms with Crippen molar-refractivity contribution in [3.8, 4) is 5.75 Å². The first-order valence-electron chi connectivity index (χ1n) is 6.04. The van der Waals surface area contributed by atoms with E-state index in [0.717, 1.165) is 0 Å². The number of amides is 1. The Balaban J connectivity index is 2.53. The normalized spacial score (nSPS) is 10.1. The lowest BCUT2D eigenvalue weighted by Gasteiger charge is -2.22. The Labute approximate surface area is 120 Å². The molecule has 21 heavy (non-hydrogen) atoms. The van der Waals surface area contributed by atoms with Gasteiger partial charge >= 0.3 is 0 Å². The third kappa shape index (κ3) is 3.26. The largest absolute Gasteiger partial charge is 0.761 e. The van der Waals surface area contributed by atoms with Crippen LogP contribution in [0.2, 0.25) is 0 Å². The van der Waals surface area contributed by atoms with Gasteiger partial charge in [-0.25, -0.2) is 9.37 Å². The molecule has 0 radical (unpaired) electrons. The summed E-state index contributed by atoms with van der Waals surface area (Å²) in [7, 11) is 1.40. The Bertz CT molecular complexity index is 664. The summed E-state index contributed by atoms with van der Waals surface area (Å²) in [5.41, 5.74) is 2.22. The number of carbonyl (C=O) groups is 1. The zero-order valence-electron chi connectivity index (χ0n) is 11.5. The molecule has 0 unspecified atom stereocenters. The molecule has 0 fully saturated rings. The van der Waals surface area contributed by atoms with Crippen LogP contribution in [0, 0.1) is 11.0 Å². The number of hydrogen-bond acceptors (Lipinski definition) is 5. The molecule has 0 aliphatic heterocycles. The summed E-state index contributed by atoms with van der Waals surface area (Å²) in [6.45, 7) is 1.32. The predicted molar refractivity (Wildman–Crippen MR) is 77.0 cm³/mol. The number of nitrogens with zero attached hydrogens (tertiary/aromatic N) is 2. The van der Waals surface area contributed by atoms with Gasteiger partial charge < -0.3 is 15.4 Å². The van der Waals surface area contributed by atoms with Crippen molar-refractivity contribution in [2.24, 2.45) is 0 Å². The highest BCUT2D eigenvalue weighted by Crippen LogP contribution is 2.29. The SMILES string of the molecule is COc1cc(F)cc(N(C(C)=O)c2cc(N[O-])ccn2)c1. The first kappa shape index (κ1) is 14.7. The van der Waals surface area contributed by atoms with Crippen LogP contribution in [-0.2, 0) is 4.79 Å². The van der Waals surface area contributed by atoms with Gasteiger partial charge in [-0.2, -0.15) is 0 Å². The average Bonchev–Trinajstić information content (AvgIpc) is 2.46. The molecule has 0 aliphatic rings. The van der Waals surface area contributed by atoms with E-state index in [1.165, 1.54) is 55.5 Å². The van der Waals surface area contributed by atoms with E-state index >= 15 is 0 Å². The van der Waals surface area contributed by atoms with E-state index in [1.807, 2.05) is 0 Å². The molecule has 110 valence electrons. The number of halogens is 1. The molecule has 1 aromatic carbocycles. The zero-order chi connectivity index (χ0) is 15.4. The van der Waals surface area contributed by atoms with E-state index in [1.54, 1.807) is 5.48 Å². The molecule has 1 heterocycles. The van der Waals surface area contributed by atoms with E-state index in [-0.39, 0.29) is 28.8 Å². The number of aromatic nitrogens is 1. The second kappa shape index (κ2) is 6.19. The maximum absolute atomic E-state index is 13.6. The van der Waals surface area contributed by atoms with Gasteiger partial charge in [-0.1, -0.05) is 0 Å². The Morgan fingerprint density at radius 3 is 2.76 bits per heavy atom. The maximum Gasteiger partial charge on any atom is 0.229 e. The van der Waals surface area contributed by atoms with E-state index < -0.39 is 5.82 Å². The molecular formula is C14H13FN3O3-. The van der Waals surface area contributed by atoms with Crippen LogP contribution in [0.4, 0.5) is 21.6 Å². The third-order valence-corrected chi connectivity index (χ3v) is 2.76. The molecule has 0 aliphatic carbocycles. The summed E-state index contributed by atoms with van der Waals surface area (Å²) < 4.78 is 18.6. The Kier molecular flexibility index (Phi) is 4.34. The quantitative estimate of drug-likeness (QED) is 0.876. The Morgan fingerprint density at radius 1 is 1.38 bits per heavy atom. The molecule has 6 nitrogen and oxygen atoms in total. The van der Waals surface area contributed by atoms with Crippen molar-refractivity contribution in [2.45, 2.75) is 6.92 Å². The van der Waals surface area contributed by atoms with Crippen LogP contribution in [-0.4, -0.2) is 18.0 Å². The average molecular weight is 290 g/mol. The summed E-state index contributed by atoms with van der Waals surface area (Å²) >= 11 is 0. The van der Waals surface area contributed by atoms with Crippen LogP contribution in [0.1, 0.15) is 6.92 Å². The molecule has 0 bridgehead atoms. The lowest BCUT2D eigenvalue weighted by molar-refractivity contribution is -0.115. The highest BCUT2D eigenvalue weighted by Gasteiger charge is 2.17. The van der Waals surface area contributed by atoms with Gasteiger partial charge in [0.25, 0.3) is 0 Å². The summed E-state index contributed by atoms with van der Waals surface area (Å²) in [4.78, 5) is 17.1. The monoisotopic (exact) mass is 290 g/mol. The first-order chi connectivity index (χ1) is 10.0. The second-order valence-corrected chi connectivity index (χ2v) is 4.21. The molecule has 7 heteroatoms. The van der Waals surface area contributed by atoms with Gasteiger partial charge in [-0.3, -0.25) is 9.69 Å². The van der Waals surface area contributed by atoms with Crippen molar-refractivity contribution in [2.75, 3.05) is 17.5 Å². The van der Waals surface area contributed by atoms with Gasteiger partial charge in [0, 0.05) is 37.0 Å². The molecular weight excluding hydrogens is 277 g/mol. The van der Waals surface area contributed by atoms with Gasteiger partial charge in [0.1, 0.15) is 17.4 Å². The number of ether oxygens (including phenoxy) is 1. The van der Waals surface area contributed by atoms with Gasteiger partial charge in [-0.05, 0) is 12.1 Å². The molecule has 1 aromatic heterocycles. The summed E-state index contributed by atoms with van der Waals surface area (Å²) in [6.07, 6.45) is 1.38. The summed E-state index contributed by atoms with van der Waals surface area (Å²) in [5.74, 6) is -0.447. The minimum Gasteiger partial charge on any atom is -0.761 e. The number of benzene rings is 1. The molecule has 0 saturated heterocycles. The van der Waals surface area contributed by atoms with Gasteiger partial charge in [-0.15, -0.1) is 0 Å². The summed E-state index contributed by atoms with van der Waals surface area (Å²) in [6, 6.07) is 6.74. The number of rotatable bonds is 4. The number of carbonyl (C=O) groups excluding carboxylic acids is 1. The van der Waals surface area contributed by atoms with Gasteiger partial charge in [0.15, 0.2) is 0 Å². The van der Waals surface area contributed by atoms with Crippen molar-refractivity contribution in [1.29, 1.82) is 0 Å². The highest BCUT2D eigenvalue weighted by molar-refractivity contribution is 5.98. The predicted octanol–water partition coefficient (Wildman–Crippen LogP) is 2.82. The molecule has 0 saturated carbocycles. The Hall–Kier alpha value is -2.67. The molecule has 2 rings (SSSR count). The van der Waals surface area contributed by atoms with Crippen molar-refractivity contribution < 1.29 is 13.9 Å². The highest BCUT2D eigenvalue weighted by atomic mass is 19.1. The van der Waals surface area contributed by atoms with Crippen LogP contribution in [0.15, 0.2) is 36.5 Å². The van der Waals surface area contributed by atoms with Crippen molar-refractivity contribution in [3.05, 3.63) is 47.6 Å². The molecule has 0 spiro atoms. The molecule has 1 N–H and O–H groups in total. The number of methoxy groups -OCH3 is 1. The molecule has 0 atom stereocenters. The molecule has 2 aromatic rings. The van der Waals surface area contributed by atoms with Crippen molar-refractivity contribution >= 4 is 23.1 Å². The van der Waals surface area contributed by atoms with E-state index in [2.05, 4.69) is 4.98 Å². The van der Waals surface area contributed by atoms with Crippen LogP contribution >= 0.6 is 0 Å². The van der Waals surface area contributed by atoms with Gasteiger partial charge in [0.05, 0.1) is 12.8 Å². The zero-order valence-corrected chi connectivity index (χ0v) is 11.5. The standard InChI is InChI=1S/C14H13FN3O3/c1-9(19)18(14-7-11(17-20)3-4-16-14)12-5-10(15)6-13(8-12)21-2/h3-8H,1-2H3,(H-,16,17,20)/q-1. The fourth-order valence-corrected chi connectivity index (χ4v) is 1.87. The molecule has 1 amide bonds. The van der Waals surface area contributed by atoms with E-state index in [0.29, 0.717) is 0 Å². The maximum atomic E-state index is 13.6. The topological polar surface area (TPSA) is 77.5 Å². The van der Waals surface area contributed by atoms with Crippen LogP contribution in [0.5, 0.6) is 5.75 Å². The van der Waals surface area contributed by atoms with Crippen molar-refractivity contribution in [3.63, 3.8) is 0 Å². The Morgan fingerprint density at radius 2 is 2.14 bits per heavy atom. The minimum absolute atomic E-state index is 0.205. The summed E-state index contributed by atoms with van der Waals surface area (Å²) in [5, 5.41) is 10.7. The number of pyridine rings is 1.